The van der Waals surface area contributed by atoms with Crippen molar-refractivity contribution in [1.29, 1.82) is 0 Å². The van der Waals surface area contributed by atoms with Gasteiger partial charge in [-0.05, 0) is 19.1 Å². The predicted molar refractivity (Wildman–Crippen MR) is 64.0 cm³/mol. The van der Waals surface area contributed by atoms with Crippen LogP contribution in [0.5, 0.6) is 0 Å². The Bertz CT molecular complexity index is 480. The van der Waals surface area contributed by atoms with E-state index in [1.807, 2.05) is 37.3 Å². The van der Waals surface area contributed by atoms with Crippen molar-refractivity contribution in [3.8, 4) is 11.3 Å². The van der Waals surface area contributed by atoms with Gasteiger partial charge in [-0.25, -0.2) is 0 Å². The van der Waals surface area contributed by atoms with Crippen LogP contribution in [0.2, 0.25) is 0 Å². The normalized spacial score (nSPS) is 12.4. The molecule has 0 saturated carbocycles. The van der Waals surface area contributed by atoms with Crippen LogP contribution in [0, 0.1) is 6.92 Å². The summed E-state index contributed by atoms with van der Waals surface area (Å²) in [6.45, 7) is 5.56. The van der Waals surface area contributed by atoms with E-state index in [0.29, 0.717) is 5.76 Å². The van der Waals surface area contributed by atoms with E-state index in [0.717, 1.165) is 11.3 Å². The standard InChI is InChI=1S/C14H14O2/c1-3-12(15)14-9-8-13(16-14)11-6-4-10(2)5-7-11/h3-9,12,15H,1H2,2H3. The Morgan fingerprint density at radius 1 is 1.19 bits per heavy atom. The highest BCUT2D eigenvalue weighted by atomic mass is 16.4. The molecule has 1 N–H and O–H groups in total. The number of hydrogen-bond acceptors (Lipinski definition) is 2. The number of aryl methyl sites for hydroxylation is 1. The van der Waals surface area contributed by atoms with Gasteiger partial charge >= 0.3 is 0 Å². The Labute approximate surface area is 94.8 Å². The van der Waals surface area contributed by atoms with E-state index in [1.54, 1.807) is 6.07 Å². The second kappa shape index (κ2) is 4.37. The smallest absolute Gasteiger partial charge is 0.137 e. The zero-order chi connectivity index (χ0) is 11.5. The van der Waals surface area contributed by atoms with Crippen LogP contribution in [0.3, 0.4) is 0 Å². The Morgan fingerprint density at radius 3 is 2.50 bits per heavy atom. The molecule has 0 fully saturated rings. The van der Waals surface area contributed by atoms with Gasteiger partial charge in [0.1, 0.15) is 17.6 Å². The van der Waals surface area contributed by atoms with E-state index in [1.165, 1.54) is 11.6 Å². The molecule has 82 valence electrons. The van der Waals surface area contributed by atoms with Crippen molar-refractivity contribution in [2.75, 3.05) is 0 Å². The molecule has 2 nitrogen and oxygen atoms in total. The topological polar surface area (TPSA) is 33.4 Å². The van der Waals surface area contributed by atoms with E-state index >= 15 is 0 Å². The first-order valence-corrected chi connectivity index (χ1v) is 5.18. The number of rotatable bonds is 3. The molecule has 0 amide bonds. The van der Waals surface area contributed by atoms with Crippen molar-refractivity contribution < 1.29 is 9.52 Å². The molecular weight excluding hydrogens is 200 g/mol. The summed E-state index contributed by atoms with van der Waals surface area (Å²) in [6, 6.07) is 11.7. The average Bonchev–Trinajstić information content (AvgIpc) is 2.78. The van der Waals surface area contributed by atoms with E-state index in [-0.39, 0.29) is 0 Å². The number of hydrogen-bond donors (Lipinski definition) is 1. The molecule has 0 bridgehead atoms. The molecule has 0 radical (unpaired) electrons. The molecule has 0 aliphatic heterocycles. The number of aliphatic hydroxyl groups is 1. The Balaban J connectivity index is 2.31. The molecule has 1 heterocycles. The van der Waals surface area contributed by atoms with Crippen molar-refractivity contribution >= 4 is 0 Å². The molecule has 1 aromatic heterocycles. The van der Waals surface area contributed by atoms with Crippen LogP contribution in [-0.2, 0) is 0 Å². The highest BCUT2D eigenvalue weighted by molar-refractivity contribution is 5.58. The molecule has 2 rings (SSSR count). The number of aliphatic hydroxyl groups excluding tert-OH is 1. The van der Waals surface area contributed by atoms with Crippen LogP contribution >= 0.6 is 0 Å². The summed E-state index contributed by atoms with van der Waals surface area (Å²) in [5.41, 5.74) is 2.22. The predicted octanol–water partition coefficient (Wildman–Crippen LogP) is 3.47. The first-order valence-electron chi connectivity index (χ1n) is 5.18. The van der Waals surface area contributed by atoms with Gasteiger partial charge in [0.2, 0.25) is 0 Å². The van der Waals surface area contributed by atoms with Crippen LogP contribution < -0.4 is 0 Å². The van der Waals surface area contributed by atoms with Crippen LogP contribution in [-0.4, -0.2) is 5.11 Å². The lowest BCUT2D eigenvalue weighted by Crippen LogP contribution is -1.87. The molecule has 2 aromatic rings. The summed E-state index contributed by atoms with van der Waals surface area (Å²) in [7, 11) is 0. The quantitative estimate of drug-likeness (QED) is 0.793. The van der Waals surface area contributed by atoms with Crippen LogP contribution in [0.15, 0.2) is 53.5 Å². The fourth-order valence-corrected chi connectivity index (χ4v) is 1.50. The monoisotopic (exact) mass is 214 g/mol. The lowest BCUT2D eigenvalue weighted by molar-refractivity contribution is 0.198. The third-order valence-electron chi connectivity index (χ3n) is 2.48. The van der Waals surface area contributed by atoms with E-state index < -0.39 is 6.10 Å². The van der Waals surface area contributed by atoms with E-state index in [9.17, 15) is 5.11 Å². The van der Waals surface area contributed by atoms with Crippen LogP contribution in [0.1, 0.15) is 17.4 Å². The maximum atomic E-state index is 9.52. The third-order valence-corrected chi connectivity index (χ3v) is 2.48. The molecule has 1 aromatic carbocycles. The fraction of sp³-hybridized carbons (Fsp3) is 0.143. The van der Waals surface area contributed by atoms with Gasteiger partial charge in [0, 0.05) is 5.56 Å². The number of benzene rings is 1. The number of furan rings is 1. The van der Waals surface area contributed by atoms with Crippen LogP contribution in [0.4, 0.5) is 0 Å². The Hall–Kier alpha value is -1.80. The second-order valence-electron chi connectivity index (χ2n) is 3.75. The SMILES string of the molecule is C=CC(O)c1ccc(-c2ccc(C)cc2)o1. The van der Waals surface area contributed by atoms with Crippen molar-refractivity contribution in [2.24, 2.45) is 0 Å². The zero-order valence-electron chi connectivity index (χ0n) is 9.18. The molecular formula is C14H14O2. The largest absolute Gasteiger partial charge is 0.458 e. The van der Waals surface area contributed by atoms with Crippen molar-refractivity contribution in [2.45, 2.75) is 13.0 Å². The van der Waals surface area contributed by atoms with E-state index in [2.05, 4.69) is 6.58 Å². The lowest BCUT2D eigenvalue weighted by Gasteiger charge is -2.00. The van der Waals surface area contributed by atoms with Crippen molar-refractivity contribution in [3.05, 3.63) is 60.4 Å². The van der Waals surface area contributed by atoms with Gasteiger partial charge < -0.3 is 9.52 Å². The van der Waals surface area contributed by atoms with Gasteiger partial charge in [-0.1, -0.05) is 35.9 Å². The lowest BCUT2D eigenvalue weighted by atomic mass is 10.1. The molecule has 0 aliphatic rings. The maximum Gasteiger partial charge on any atom is 0.137 e. The van der Waals surface area contributed by atoms with E-state index in [4.69, 9.17) is 4.42 Å². The van der Waals surface area contributed by atoms with Gasteiger partial charge in [-0.2, -0.15) is 0 Å². The summed E-state index contributed by atoms with van der Waals surface area (Å²) < 4.78 is 5.54. The van der Waals surface area contributed by atoms with Gasteiger partial charge in [0.15, 0.2) is 0 Å². The summed E-state index contributed by atoms with van der Waals surface area (Å²) >= 11 is 0. The molecule has 1 atom stereocenters. The van der Waals surface area contributed by atoms with Gasteiger partial charge in [0.05, 0.1) is 0 Å². The van der Waals surface area contributed by atoms with Crippen molar-refractivity contribution in [3.63, 3.8) is 0 Å². The van der Waals surface area contributed by atoms with Gasteiger partial charge in [-0.3, -0.25) is 0 Å². The average molecular weight is 214 g/mol. The highest BCUT2D eigenvalue weighted by Gasteiger charge is 2.09. The Kier molecular flexibility index (Phi) is 2.93. The molecule has 0 spiro atoms. The minimum atomic E-state index is -0.737. The minimum Gasteiger partial charge on any atom is -0.458 e. The van der Waals surface area contributed by atoms with Crippen LogP contribution in [0.25, 0.3) is 11.3 Å². The Morgan fingerprint density at radius 2 is 1.88 bits per heavy atom. The highest BCUT2D eigenvalue weighted by Crippen LogP contribution is 2.25. The second-order valence-corrected chi connectivity index (χ2v) is 3.75. The molecule has 2 heteroatoms. The molecule has 0 aliphatic carbocycles. The summed E-state index contributed by atoms with van der Waals surface area (Å²) in [4.78, 5) is 0. The molecule has 1 unspecified atom stereocenters. The van der Waals surface area contributed by atoms with Gasteiger partial charge in [0.25, 0.3) is 0 Å². The minimum absolute atomic E-state index is 0.519. The van der Waals surface area contributed by atoms with Gasteiger partial charge in [-0.15, -0.1) is 6.58 Å². The molecule has 16 heavy (non-hydrogen) atoms. The summed E-state index contributed by atoms with van der Waals surface area (Å²) in [5, 5.41) is 9.52. The fourth-order valence-electron chi connectivity index (χ4n) is 1.50. The first-order chi connectivity index (χ1) is 7.70. The third kappa shape index (κ3) is 2.07. The summed E-state index contributed by atoms with van der Waals surface area (Å²) in [6.07, 6.45) is 0.705. The maximum absolute atomic E-state index is 9.52. The first kappa shape index (κ1) is 10.7. The zero-order valence-corrected chi connectivity index (χ0v) is 9.18. The molecule has 0 saturated heterocycles. The van der Waals surface area contributed by atoms with Crippen molar-refractivity contribution in [1.82, 2.24) is 0 Å². The summed E-state index contributed by atoms with van der Waals surface area (Å²) in [5.74, 6) is 1.28.